The van der Waals surface area contributed by atoms with E-state index in [2.05, 4.69) is 5.32 Å². The highest BCUT2D eigenvalue weighted by Gasteiger charge is 2.21. The summed E-state index contributed by atoms with van der Waals surface area (Å²) in [5.74, 6) is 0.479. The van der Waals surface area contributed by atoms with Crippen molar-refractivity contribution >= 4 is 28.7 Å². The maximum atomic E-state index is 12.4. The number of nitrogens with one attached hydrogen (secondary N) is 1. The second-order valence-electron chi connectivity index (χ2n) is 4.24. The molecular weight excluding hydrogens is 262 g/mol. The zero-order valence-corrected chi connectivity index (χ0v) is 11.0. The molecule has 19 heavy (non-hydrogen) atoms. The van der Waals surface area contributed by atoms with E-state index in [1.165, 1.54) is 11.3 Å². The standard InChI is InChI=1S/C14H11NO3S/c1-18-11-4-5-19-14(11)13(17)8-2-3-10-9(6-8)7-12(16)15-10/h2-6H,7H2,1H3,(H,15,16). The lowest BCUT2D eigenvalue weighted by atomic mass is 10.0. The Labute approximate surface area is 114 Å². The number of carbonyl (C=O) groups excluding carboxylic acids is 2. The predicted octanol–water partition coefficient (Wildman–Crippen LogP) is 2.48. The van der Waals surface area contributed by atoms with E-state index in [0.717, 1.165) is 11.3 Å². The molecule has 0 saturated carbocycles. The van der Waals surface area contributed by atoms with Gasteiger partial charge >= 0.3 is 0 Å². The maximum absolute atomic E-state index is 12.4. The number of thiophene rings is 1. The summed E-state index contributed by atoms with van der Waals surface area (Å²) in [4.78, 5) is 24.3. The fourth-order valence-corrected chi connectivity index (χ4v) is 2.95. The number of fused-ring (bicyclic) bond motifs is 1. The van der Waals surface area contributed by atoms with Crippen LogP contribution in [0.3, 0.4) is 0 Å². The van der Waals surface area contributed by atoms with Crippen LogP contribution in [0.1, 0.15) is 20.8 Å². The molecule has 0 saturated heterocycles. The van der Waals surface area contributed by atoms with Crippen LogP contribution in [0.15, 0.2) is 29.6 Å². The molecule has 1 N–H and O–H groups in total. The number of hydrogen-bond acceptors (Lipinski definition) is 4. The summed E-state index contributed by atoms with van der Waals surface area (Å²) in [7, 11) is 1.55. The van der Waals surface area contributed by atoms with Gasteiger partial charge in [-0.2, -0.15) is 0 Å². The summed E-state index contributed by atoms with van der Waals surface area (Å²) >= 11 is 1.35. The summed E-state index contributed by atoms with van der Waals surface area (Å²) in [5.41, 5.74) is 2.24. The summed E-state index contributed by atoms with van der Waals surface area (Å²) in [6.07, 6.45) is 0.331. The van der Waals surface area contributed by atoms with Gasteiger partial charge in [-0.05, 0) is 35.2 Å². The van der Waals surface area contributed by atoms with Crippen molar-refractivity contribution in [2.75, 3.05) is 12.4 Å². The van der Waals surface area contributed by atoms with E-state index in [9.17, 15) is 9.59 Å². The van der Waals surface area contributed by atoms with Gasteiger partial charge in [-0.3, -0.25) is 9.59 Å². The molecule has 1 aromatic heterocycles. The molecule has 2 aromatic rings. The lowest BCUT2D eigenvalue weighted by molar-refractivity contribution is -0.115. The number of ether oxygens (including phenoxy) is 1. The van der Waals surface area contributed by atoms with E-state index in [4.69, 9.17) is 4.74 Å². The van der Waals surface area contributed by atoms with Crippen LogP contribution < -0.4 is 10.1 Å². The van der Waals surface area contributed by atoms with Crippen molar-refractivity contribution < 1.29 is 14.3 Å². The maximum Gasteiger partial charge on any atom is 0.228 e. The Morgan fingerprint density at radius 2 is 2.21 bits per heavy atom. The highest BCUT2D eigenvalue weighted by molar-refractivity contribution is 7.12. The first-order valence-electron chi connectivity index (χ1n) is 5.78. The van der Waals surface area contributed by atoms with E-state index in [-0.39, 0.29) is 11.7 Å². The van der Waals surface area contributed by atoms with Gasteiger partial charge in [0.15, 0.2) is 0 Å². The molecule has 3 rings (SSSR count). The molecule has 1 aromatic carbocycles. The minimum absolute atomic E-state index is 0.0340. The molecular formula is C14H11NO3S. The third-order valence-corrected chi connectivity index (χ3v) is 3.94. The zero-order chi connectivity index (χ0) is 13.4. The summed E-state index contributed by atoms with van der Waals surface area (Å²) in [6, 6.07) is 7.05. The van der Waals surface area contributed by atoms with Crippen LogP contribution in [-0.4, -0.2) is 18.8 Å². The first-order valence-corrected chi connectivity index (χ1v) is 6.66. The van der Waals surface area contributed by atoms with Crippen LogP contribution in [0, 0.1) is 0 Å². The molecule has 4 nitrogen and oxygen atoms in total. The Balaban J connectivity index is 1.97. The number of hydrogen-bond donors (Lipinski definition) is 1. The van der Waals surface area contributed by atoms with Crippen molar-refractivity contribution in [3.8, 4) is 5.75 Å². The van der Waals surface area contributed by atoms with Gasteiger partial charge < -0.3 is 10.1 Å². The van der Waals surface area contributed by atoms with Gasteiger partial charge in [-0.15, -0.1) is 11.3 Å². The number of anilines is 1. The van der Waals surface area contributed by atoms with Crippen LogP contribution in [0.25, 0.3) is 0 Å². The number of ketones is 1. The van der Waals surface area contributed by atoms with Crippen molar-refractivity contribution in [2.24, 2.45) is 0 Å². The smallest absolute Gasteiger partial charge is 0.228 e. The Morgan fingerprint density at radius 3 is 3.00 bits per heavy atom. The van der Waals surface area contributed by atoms with Gasteiger partial charge in [0.25, 0.3) is 0 Å². The van der Waals surface area contributed by atoms with Gasteiger partial charge in [-0.25, -0.2) is 0 Å². The molecule has 0 spiro atoms. The van der Waals surface area contributed by atoms with E-state index in [1.807, 2.05) is 5.38 Å². The second kappa shape index (κ2) is 4.51. The van der Waals surface area contributed by atoms with Gasteiger partial charge in [0.1, 0.15) is 10.6 Å². The number of amides is 1. The predicted molar refractivity (Wildman–Crippen MR) is 73.1 cm³/mol. The van der Waals surface area contributed by atoms with Gasteiger partial charge in [0, 0.05) is 11.3 Å². The first kappa shape index (κ1) is 11.9. The SMILES string of the molecule is COc1ccsc1C(=O)c1ccc2c(c1)CC(=O)N2. The molecule has 0 atom stereocenters. The molecule has 1 amide bonds. The number of carbonyl (C=O) groups is 2. The molecule has 0 aliphatic carbocycles. The lowest BCUT2D eigenvalue weighted by Crippen LogP contribution is -2.03. The topological polar surface area (TPSA) is 55.4 Å². The van der Waals surface area contributed by atoms with Crippen molar-refractivity contribution in [2.45, 2.75) is 6.42 Å². The Hall–Kier alpha value is -2.14. The fraction of sp³-hybridized carbons (Fsp3) is 0.143. The summed E-state index contributed by atoms with van der Waals surface area (Å²) in [6.45, 7) is 0. The molecule has 0 unspecified atom stereocenters. The molecule has 5 heteroatoms. The number of rotatable bonds is 3. The highest BCUT2D eigenvalue weighted by atomic mass is 32.1. The normalized spacial score (nSPS) is 13.0. The monoisotopic (exact) mass is 273 g/mol. The van der Waals surface area contributed by atoms with E-state index < -0.39 is 0 Å². The third kappa shape index (κ3) is 2.02. The Kier molecular flexibility index (Phi) is 2.83. The molecule has 0 radical (unpaired) electrons. The summed E-state index contributed by atoms with van der Waals surface area (Å²) < 4.78 is 5.16. The quantitative estimate of drug-likeness (QED) is 0.874. The average molecular weight is 273 g/mol. The third-order valence-electron chi connectivity index (χ3n) is 3.05. The number of benzene rings is 1. The van der Waals surface area contributed by atoms with Gasteiger partial charge in [0.2, 0.25) is 11.7 Å². The van der Waals surface area contributed by atoms with Crippen molar-refractivity contribution in [1.82, 2.24) is 0 Å². The second-order valence-corrected chi connectivity index (χ2v) is 5.16. The largest absolute Gasteiger partial charge is 0.495 e. The van der Waals surface area contributed by atoms with E-state index in [1.54, 1.807) is 31.4 Å². The molecule has 96 valence electrons. The van der Waals surface area contributed by atoms with E-state index in [0.29, 0.717) is 22.6 Å². The number of methoxy groups -OCH3 is 1. The van der Waals surface area contributed by atoms with Gasteiger partial charge in [0.05, 0.1) is 13.5 Å². The van der Waals surface area contributed by atoms with Crippen molar-refractivity contribution in [3.63, 3.8) is 0 Å². The van der Waals surface area contributed by atoms with Crippen LogP contribution in [0.5, 0.6) is 5.75 Å². The highest BCUT2D eigenvalue weighted by Crippen LogP contribution is 2.30. The van der Waals surface area contributed by atoms with E-state index >= 15 is 0 Å². The lowest BCUT2D eigenvalue weighted by Gasteiger charge is -2.04. The first-order chi connectivity index (χ1) is 9.19. The zero-order valence-electron chi connectivity index (χ0n) is 10.2. The van der Waals surface area contributed by atoms with Crippen LogP contribution in [-0.2, 0) is 11.2 Å². The van der Waals surface area contributed by atoms with Crippen molar-refractivity contribution in [1.29, 1.82) is 0 Å². The van der Waals surface area contributed by atoms with Gasteiger partial charge in [-0.1, -0.05) is 0 Å². The molecule has 0 fully saturated rings. The molecule has 1 aliphatic heterocycles. The average Bonchev–Trinajstić information content (AvgIpc) is 3.01. The molecule has 0 bridgehead atoms. The minimum Gasteiger partial charge on any atom is -0.495 e. The summed E-state index contributed by atoms with van der Waals surface area (Å²) in [5, 5.41) is 4.57. The minimum atomic E-state index is -0.0750. The molecule has 1 aliphatic rings. The van der Waals surface area contributed by atoms with Crippen molar-refractivity contribution in [3.05, 3.63) is 45.6 Å². The van der Waals surface area contributed by atoms with Crippen LogP contribution in [0.4, 0.5) is 5.69 Å². The Morgan fingerprint density at radius 1 is 1.37 bits per heavy atom. The Bertz CT molecular complexity index is 675. The van der Waals surface area contributed by atoms with Crippen LogP contribution in [0.2, 0.25) is 0 Å². The molecule has 2 heterocycles. The van der Waals surface area contributed by atoms with Crippen LogP contribution >= 0.6 is 11.3 Å². The fourth-order valence-electron chi connectivity index (χ4n) is 2.13.